The van der Waals surface area contributed by atoms with Gasteiger partial charge in [0.15, 0.2) is 0 Å². The van der Waals surface area contributed by atoms with Gasteiger partial charge in [0.1, 0.15) is 11.5 Å². The molecule has 178 valence electrons. The molecule has 6 nitrogen and oxygen atoms in total. The fraction of sp³-hybridized carbons (Fsp3) is 0.444. The smallest absolute Gasteiger partial charge is 0.227 e. The van der Waals surface area contributed by atoms with Gasteiger partial charge in [-0.25, -0.2) is 4.68 Å². The van der Waals surface area contributed by atoms with Crippen molar-refractivity contribution in [1.29, 1.82) is 0 Å². The van der Waals surface area contributed by atoms with E-state index in [1.54, 1.807) is 7.11 Å². The molecule has 0 saturated carbocycles. The van der Waals surface area contributed by atoms with Crippen molar-refractivity contribution in [2.24, 2.45) is 0 Å². The Balaban J connectivity index is 1.96. The second-order valence-electron chi connectivity index (χ2n) is 8.43. The number of hydrogen-bond donors (Lipinski definition) is 1. The largest absolute Gasteiger partial charge is 0.497 e. The van der Waals surface area contributed by atoms with E-state index in [0.717, 1.165) is 54.9 Å². The molecule has 0 radical (unpaired) electrons. The van der Waals surface area contributed by atoms with Crippen molar-refractivity contribution in [1.82, 2.24) is 14.7 Å². The second-order valence-corrected chi connectivity index (χ2v) is 8.43. The predicted octanol–water partition coefficient (Wildman–Crippen LogP) is 5.74. The third kappa shape index (κ3) is 6.83. The van der Waals surface area contributed by atoms with Gasteiger partial charge < -0.3 is 14.6 Å². The van der Waals surface area contributed by atoms with Gasteiger partial charge in [-0.15, -0.1) is 0 Å². The lowest BCUT2D eigenvalue weighted by molar-refractivity contribution is 0.0991. The molecule has 0 fully saturated rings. The summed E-state index contributed by atoms with van der Waals surface area (Å²) in [5, 5.41) is 15.4. The number of ether oxygens (including phenoxy) is 2. The van der Waals surface area contributed by atoms with Gasteiger partial charge in [-0.1, -0.05) is 51.0 Å². The van der Waals surface area contributed by atoms with Crippen LogP contribution >= 0.6 is 0 Å². The third-order valence-electron chi connectivity index (χ3n) is 5.68. The minimum Gasteiger partial charge on any atom is -0.497 e. The van der Waals surface area contributed by atoms with Crippen LogP contribution in [-0.4, -0.2) is 46.1 Å². The molecule has 0 saturated heterocycles. The molecule has 0 aliphatic carbocycles. The molecule has 3 aromatic rings. The fourth-order valence-corrected chi connectivity index (χ4v) is 3.95. The molecule has 0 bridgehead atoms. The van der Waals surface area contributed by atoms with Crippen LogP contribution in [0, 0.1) is 6.92 Å². The van der Waals surface area contributed by atoms with E-state index in [-0.39, 0.29) is 6.10 Å². The Hall–Kier alpha value is -2.83. The number of methoxy groups -OCH3 is 1. The van der Waals surface area contributed by atoms with Gasteiger partial charge in [-0.2, -0.15) is 5.10 Å². The summed E-state index contributed by atoms with van der Waals surface area (Å²) in [6.45, 7) is 8.54. The van der Waals surface area contributed by atoms with Crippen molar-refractivity contribution in [3.63, 3.8) is 0 Å². The van der Waals surface area contributed by atoms with Crippen LogP contribution in [0.5, 0.6) is 17.4 Å². The van der Waals surface area contributed by atoms with E-state index in [0.29, 0.717) is 24.7 Å². The van der Waals surface area contributed by atoms with E-state index in [4.69, 9.17) is 14.6 Å². The highest BCUT2D eigenvalue weighted by molar-refractivity contribution is 5.44. The topological polar surface area (TPSA) is 59.8 Å². The first-order chi connectivity index (χ1) is 16.0. The molecule has 33 heavy (non-hydrogen) atoms. The zero-order chi connectivity index (χ0) is 23.6. The van der Waals surface area contributed by atoms with E-state index in [1.807, 2.05) is 66.2 Å². The van der Waals surface area contributed by atoms with Gasteiger partial charge in [0.2, 0.25) is 5.88 Å². The summed E-state index contributed by atoms with van der Waals surface area (Å²) in [5.41, 5.74) is 2.88. The van der Waals surface area contributed by atoms with Gasteiger partial charge >= 0.3 is 0 Å². The number of aliphatic hydroxyl groups excluding tert-OH is 1. The summed E-state index contributed by atoms with van der Waals surface area (Å²) in [4.78, 5) is 2.30. The number of rotatable bonds is 13. The average Bonchev–Trinajstić information content (AvgIpc) is 3.13. The molecule has 1 atom stereocenters. The molecule has 0 spiro atoms. The first kappa shape index (κ1) is 24.8. The van der Waals surface area contributed by atoms with Crippen LogP contribution in [0.3, 0.4) is 0 Å². The predicted molar refractivity (Wildman–Crippen MR) is 132 cm³/mol. The Morgan fingerprint density at radius 1 is 1.03 bits per heavy atom. The minimum absolute atomic E-state index is 0.330. The van der Waals surface area contributed by atoms with Crippen LogP contribution < -0.4 is 9.47 Å². The Bertz CT molecular complexity index is 988. The van der Waals surface area contributed by atoms with Gasteiger partial charge in [0, 0.05) is 19.2 Å². The molecule has 0 amide bonds. The van der Waals surface area contributed by atoms with E-state index in [2.05, 4.69) is 18.7 Å². The van der Waals surface area contributed by atoms with E-state index < -0.39 is 0 Å². The maximum absolute atomic E-state index is 10.6. The summed E-state index contributed by atoms with van der Waals surface area (Å²) in [6, 6.07) is 17.6. The van der Waals surface area contributed by atoms with E-state index >= 15 is 0 Å². The Labute approximate surface area is 197 Å². The van der Waals surface area contributed by atoms with Crippen molar-refractivity contribution in [2.45, 2.75) is 59.1 Å². The summed E-state index contributed by atoms with van der Waals surface area (Å²) >= 11 is 0. The van der Waals surface area contributed by atoms with Crippen LogP contribution in [0.15, 0.2) is 54.6 Å². The quantitative estimate of drug-likeness (QED) is 0.359. The zero-order valence-corrected chi connectivity index (χ0v) is 20.3. The zero-order valence-electron chi connectivity index (χ0n) is 20.3. The highest BCUT2D eigenvalue weighted by Crippen LogP contribution is 2.33. The normalized spacial score (nSPS) is 12.2. The van der Waals surface area contributed by atoms with Gasteiger partial charge in [-0.3, -0.25) is 4.90 Å². The molecular weight excluding hydrogens is 414 g/mol. The van der Waals surface area contributed by atoms with Crippen LogP contribution in [-0.2, 0) is 6.54 Å². The van der Waals surface area contributed by atoms with Gasteiger partial charge in [-0.05, 0) is 50.6 Å². The molecule has 6 heteroatoms. The Kier molecular flexibility index (Phi) is 9.34. The van der Waals surface area contributed by atoms with Crippen molar-refractivity contribution in [3.05, 3.63) is 65.9 Å². The first-order valence-electron chi connectivity index (χ1n) is 11.9. The lowest BCUT2D eigenvalue weighted by atomic mass is 10.1. The summed E-state index contributed by atoms with van der Waals surface area (Å²) in [5.74, 6) is 2.12. The van der Waals surface area contributed by atoms with Crippen LogP contribution in [0.4, 0.5) is 0 Å². The molecule has 1 N–H and O–H groups in total. The summed E-state index contributed by atoms with van der Waals surface area (Å²) in [7, 11) is 1.65. The van der Waals surface area contributed by atoms with Crippen molar-refractivity contribution < 1.29 is 14.6 Å². The SMILES string of the molecule is CCCC[C@@H](O)CN(CCC)Cc1c(C)nn(-c2ccccc2)c1Oc1cccc(OC)c1. The number of aliphatic hydroxyl groups is 1. The number of aryl methyl sites for hydroxylation is 1. The minimum atomic E-state index is -0.330. The Morgan fingerprint density at radius 3 is 2.48 bits per heavy atom. The molecule has 1 aromatic heterocycles. The van der Waals surface area contributed by atoms with Crippen LogP contribution in [0.2, 0.25) is 0 Å². The van der Waals surface area contributed by atoms with Crippen LogP contribution in [0.1, 0.15) is 50.8 Å². The first-order valence-corrected chi connectivity index (χ1v) is 11.9. The van der Waals surface area contributed by atoms with Crippen molar-refractivity contribution in [2.75, 3.05) is 20.2 Å². The molecule has 2 aromatic carbocycles. The van der Waals surface area contributed by atoms with Gasteiger partial charge in [0.25, 0.3) is 0 Å². The Morgan fingerprint density at radius 2 is 1.79 bits per heavy atom. The molecule has 0 aliphatic heterocycles. The van der Waals surface area contributed by atoms with Crippen molar-refractivity contribution >= 4 is 0 Å². The lowest BCUT2D eigenvalue weighted by Crippen LogP contribution is -2.33. The molecule has 1 heterocycles. The maximum Gasteiger partial charge on any atom is 0.227 e. The van der Waals surface area contributed by atoms with Crippen LogP contribution in [0.25, 0.3) is 5.69 Å². The summed E-state index contributed by atoms with van der Waals surface area (Å²) in [6.07, 6.45) is 3.64. The molecule has 0 aliphatic rings. The number of unbranched alkanes of at least 4 members (excludes halogenated alkanes) is 1. The number of hydrogen-bond acceptors (Lipinski definition) is 5. The third-order valence-corrected chi connectivity index (χ3v) is 5.68. The monoisotopic (exact) mass is 451 g/mol. The number of para-hydroxylation sites is 1. The highest BCUT2D eigenvalue weighted by Gasteiger charge is 2.22. The number of nitrogens with zero attached hydrogens (tertiary/aromatic N) is 3. The average molecular weight is 452 g/mol. The number of aromatic nitrogens is 2. The second kappa shape index (κ2) is 12.4. The lowest BCUT2D eigenvalue weighted by Gasteiger charge is -2.25. The molecule has 0 unspecified atom stereocenters. The summed E-state index contributed by atoms with van der Waals surface area (Å²) < 4.78 is 13.7. The molecule has 3 rings (SSSR count). The van der Waals surface area contributed by atoms with E-state index in [1.165, 1.54) is 0 Å². The van der Waals surface area contributed by atoms with Gasteiger partial charge in [0.05, 0.1) is 30.2 Å². The highest BCUT2D eigenvalue weighted by atomic mass is 16.5. The van der Waals surface area contributed by atoms with Crippen molar-refractivity contribution in [3.8, 4) is 23.1 Å². The fourth-order valence-electron chi connectivity index (χ4n) is 3.95. The number of benzene rings is 2. The maximum atomic E-state index is 10.6. The standard InChI is InChI=1S/C27H37N3O3/c1-5-7-14-23(31)19-29(17-6-2)20-26-21(3)28-30(22-12-9-8-10-13-22)27(26)33-25-16-11-15-24(18-25)32-4/h8-13,15-16,18,23,31H,5-7,14,17,19-20H2,1-4H3/t23-/m1/s1. The molecular formula is C27H37N3O3. The van der Waals surface area contributed by atoms with E-state index in [9.17, 15) is 5.11 Å².